The van der Waals surface area contributed by atoms with Crippen molar-refractivity contribution in [2.24, 2.45) is 7.05 Å². The van der Waals surface area contributed by atoms with E-state index in [9.17, 15) is 9.59 Å². The minimum absolute atomic E-state index is 0.130. The molecule has 0 saturated carbocycles. The van der Waals surface area contributed by atoms with Gasteiger partial charge in [-0.2, -0.15) is 0 Å². The number of amides is 1. The number of aryl methyl sites for hydroxylation is 1. The molecule has 1 aliphatic rings. The lowest BCUT2D eigenvalue weighted by atomic mass is 9.93. The SMILES string of the molecule is COc1cccc(-c2cnc(N)nc2[C@H]2CCCCN2C(=O)c2ccc(=O)n(C)c2)c1. The molecule has 2 N–H and O–H groups in total. The Morgan fingerprint density at radius 1 is 1.23 bits per heavy atom. The predicted octanol–water partition coefficient (Wildman–Crippen LogP) is 2.80. The molecule has 31 heavy (non-hydrogen) atoms. The number of benzene rings is 1. The van der Waals surface area contributed by atoms with Gasteiger partial charge < -0.3 is 19.9 Å². The number of hydrogen-bond donors (Lipinski definition) is 1. The molecule has 2 aromatic heterocycles. The molecule has 0 radical (unpaired) electrons. The van der Waals surface area contributed by atoms with Crippen LogP contribution in [0.4, 0.5) is 5.95 Å². The van der Waals surface area contributed by atoms with Crippen LogP contribution in [0.3, 0.4) is 0 Å². The molecule has 3 aromatic rings. The fourth-order valence-electron chi connectivity index (χ4n) is 4.02. The van der Waals surface area contributed by atoms with Crippen LogP contribution < -0.4 is 16.0 Å². The van der Waals surface area contributed by atoms with Gasteiger partial charge in [0.15, 0.2) is 0 Å². The van der Waals surface area contributed by atoms with Crippen LogP contribution in [0.5, 0.6) is 5.75 Å². The second-order valence-electron chi connectivity index (χ2n) is 7.64. The van der Waals surface area contributed by atoms with Gasteiger partial charge in [-0.15, -0.1) is 0 Å². The van der Waals surface area contributed by atoms with Gasteiger partial charge in [0.05, 0.1) is 24.4 Å². The molecule has 3 heterocycles. The number of pyridine rings is 1. The van der Waals surface area contributed by atoms with Crippen LogP contribution in [-0.2, 0) is 7.05 Å². The van der Waals surface area contributed by atoms with E-state index >= 15 is 0 Å². The molecular formula is C23H25N5O3. The summed E-state index contributed by atoms with van der Waals surface area (Å²) in [6.45, 7) is 0.605. The maximum atomic E-state index is 13.4. The highest BCUT2D eigenvalue weighted by Crippen LogP contribution is 2.37. The summed E-state index contributed by atoms with van der Waals surface area (Å²) in [6, 6.07) is 10.4. The van der Waals surface area contributed by atoms with E-state index in [4.69, 9.17) is 10.5 Å². The molecule has 160 valence electrons. The average molecular weight is 419 g/mol. The molecule has 1 fully saturated rings. The van der Waals surface area contributed by atoms with Crippen molar-refractivity contribution in [3.63, 3.8) is 0 Å². The van der Waals surface area contributed by atoms with Crippen LogP contribution >= 0.6 is 0 Å². The van der Waals surface area contributed by atoms with Crippen molar-refractivity contribution in [2.75, 3.05) is 19.4 Å². The minimum atomic E-state index is -0.245. The fourth-order valence-corrected chi connectivity index (χ4v) is 4.02. The predicted molar refractivity (Wildman–Crippen MR) is 118 cm³/mol. The Bertz CT molecular complexity index is 1170. The number of aromatic nitrogens is 3. The van der Waals surface area contributed by atoms with Crippen LogP contribution in [0.25, 0.3) is 11.1 Å². The molecule has 1 saturated heterocycles. The molecule has 4 rings (SSSR count). The quantitative estimate of drug-likeness (QED) is 0.697. The topological polar surface area (TPSA) is 103 Å². The summed E-state index contributed by atoms with van der Waals surface area (Å²) in [4.78, 5) is 35.7. The summed E-state index contributed by atoms with van der Waals surface area (Å²) in [5, 5.41) is 0. The summed E-state index contributed by atoms with van der Waals surface area (Å²) in [5.74, 6) is 0.762. The molecule has 1 amide bonds. The maximum absolute atomic E-state index is 13.4. The number of carbonyl (C=O) groups excluding carboxylic acids is 1. The summed E-state index contributed by atoms with van der Waals surface area (Å²) in [7, 11) is 3.26. The lowest BCUT2D eigenvalue weighted by Crippen LogP contribution is -2.39. The number of likely N-dealkylation sites (tertiary alicyclic amines) is 1. The van der Waals surface area contributed by atoms with E-state index < -0.39 is 0 Å². The van der Waals surface area contributed by atoms with Gasteiger partial charge in [0.1, 0.15) is 5.75 Å². The van der Waals surface area contributed by atoms with E-state index in [0.717, 1.165) is 41.8 Å². The van der Waals surface area contributed by atoms with Crippen molar-refractivity contribution in [1.82, 2.24) is 19.4 Å². The monoisotopic (exact) mass is 419 g/mol. The number of ether oxygens (including phenoxy) is 1. The Kier molecular flexibility index (Phi) is 5.70. The van der Waals surface area contributed by atoms with E-state index in [2.05, 4.69) is 9.97 Å². The highest BCUT2D eigenvalue weighted by atomic mass is 16.5. The van der Waals surface area contributed by atoms with E-state index in [-0.39, 0.29) is 23.5 Å². The Balaban J connectivity index is 1.77. The smallest absolute Gasteiger partial charge is 0.255 e. The molecular weight excluding hydrogens is 394 g/mol. The van der Waals surface area contributed by atoms with E-state index in [1.807, 2.05) is 29.2 Å². The summed E-state index contributed by atoms with van der Waals surface area (Å²) in [5.41, 5.74) is 8.70. The van der Waals surface area contributed by atoms with Crippen LogP contribution in [0.15, 0.2) is 53.6 Å². The number of methoxy groups -OCH3 is 1. The number of nitrogens with zero attached hydrogens (tertiary/aromatic N) is 4. The van der Waals surface area contributed by atoms with E-state index in [0.29, 0.717) is 12.1 Å². The first kappa shape index (κ1) is 20.6. The molecule has 8 nitrogen and oxygen atoms in total. The normalized spacial score (nSPS) is 16.2. The van der Waals surface area contributed by atoms with Crippen molar-refractivity contribution < 1.29 is 9.53 Å². The Labute approximate surface area is 180 Å². The summed E-state index contributed by atoms with van der Waals surface area (Å²) >= 11 is 0. The van der Waals surface area contributed by atoms with Crippen molar-refractivity contribution in [1.29, 1.82) is 0 Å². The van der Waals surface area contributed by atoms with Gasteiger partial charge in [-0.25, -0.2) is 9.97 Å². The Morgan fingerprint density at radius 2 is 2.06 bits per heavy atom. The van der Waals surface area contributed by atoms with Gasteiger partial charge >= 0.3 is 0 Å². The Morgan fingerprint density at radius 3 is 2.84 bits per heavy atom. The lowest BCUT2D eigenvalue weighted by Gasteiger charge is -2.36. The van der Waals surface area contributed by atoms with Gasteiger partial charge in [-0.1, -0.05) is 12.1 Å². The second-order valence-corrected chi connectivity index (χ2v) is 7.64. The first-order valence-corrected chi connectivity index (χ1v) is 10.2. The number of rotatable bonds is 4. The first-order chi connectivity index (χ1) is 15.0. The number of carbonyl (C=O) groups is 1. The fraction of sp³-hybridized carbons (Fsp3) is 0.304. The highest BCUT2D eigenvalue weighted by Gasteiger charge is 2.32. The van der Waals surface area contributed by atoms with Crippen LogP contribution in [-0.4, -0.2) is 39.0 Å². The first-order valence-electron chi connectivity index (χ1n) is 10.2. The standard InChI is InChI=1S/C23H25N5O3/c1-27-14-16(9-10-20(27)29)22(30)28-11-4-3-8-19(28)21-18(13-25-23(24)26-21)15-6-5-7-17(12-15)31-2/h5-7,9-10,12-14,19H,3-4,8,11H2,1-2H3,(H2,24,25,26)/t19-/m1/s1. The van der Waals surface area contributed by atoms with Gasteiger partial charge in [0, 0.05) is 37.6 Å². The van der Waals surface area contributed by atoms with E-state index in [1.165, 1.54) is 10.6 Å². The molecule has 0 unspecified atom stereocenters. The van der Waals surface area contributed by atoms with Crippen LogP contribution in [0.2, 0.25) is 0 Å². The third kappa shape index (κ3) is 4.14. The third-order valence-electron chi connectivity index (χ3n) is 5.63. The van der Waals surface area contributed by atoms with Crippen molar-refractivity contribution in [3.8, 4) is 16.9 Å². The molecule has 1 atom stereocenters. The van der Waals surface area contributed by atoms with Gasteiger partial charge in [0.2, 0.25) is 11.5 Å². The molecule has 0 bridgehead atoms. The third-order valence-corrected chi connectivity index (χ3v) is 5.63. The zero-order chi connectivity index (χ0) is 22.0. The zero-order valence-electron chi connectivity index (χ0n) is 17.6. The number of hydrogen-bond acceptors (Lipinski definition) is 6. The van der Waals surface area contributed by atoms with Gasteiger partial charge in [-0.05, 0) is 43.0 Å². The number of nitrogen functional groups attached to an aromatic ring is 1. The van der Waals surface area contributed by atoms with Gasteiger partial charge in [-0.3, -0.25) is 9.59 Å². The zero-order valence-corrected chi connectivity index (χ0v) is 17.6. The largest absolute Gasteiger partial charge is 0.497 e. The number of piperidine rings is 1. The van der Waals surface area contributed by atoms with E-state index in [1.54, 1.807) is 32.6 Å². The van der Waals surface area contributed by atoms with Crippen LogP contribution in [0, 0.1) is 0 Å². The lowest BCUT2D eigenvalue weighted by molar-refractivity contribution is 0.0606. The number of nitrogens with two attached hydrogens (primary N) is 1. The van der Waals surface area contributed by atoms with Crippen molar-refractivity contribution in [2.45, 2.75) is 25.3 Å². The molecule has 0 aliphatic carbocycles. The maximum Gasteiger partial charge on any atom is 0.255 e. The minimum Gasteiger partial charge on any atom is -0.497 e. The molecule has 1 aromatic carbocycles. The summed E-state index contributed by atoms with van der Waals surface area (Å²) < 4.78 is 6.78. The Hall–Kier alpha value is -3.68. The molecule has 8 heteroatoms. The summed E-state index contributed by atoms with van der Waals surface area (Å²) in [6.07, 6.45) is 5.93. The molecule has 1 aliphatic heterocycles. The highest BCUT2D eigenvalue weighted by molar-refractivity contribution is 5.94. The average Bonchev–Trinajstić information content (AvgIpc) is 2.80. The van der Waals surface area contributed by atoms with Crippen molar-refractivity contribution in [3.05, 3.63) is 70.4 Å². The van der Waals surface area contributed by atoms with Crippen LogP contribution in [0.1, 0.15) is 41.4 Å². The number of anilines is 1. The molecule has 0 spiro atoms. The van der Waals surface area contributed by atoms with Gasteiger partial charge in [0.25, 0.3) is 5.91 Å². The van der Waals surface area contributed by atoms with Crippen molar-refractivity contribution >= 4 is 11.9 Å². The second kappa shape index (κ2) is 8.59.